The largest absolute Gasteiger partial charge is 0.466 e. The minimum atomic E-state index is -0.0881. The molecule has 0 aromatic carbocycles. The normalized spacial score (nSPS) is 11.6. The maximum atomic E-state index is 11.1. The molecule has 0 atom stereocenters. The van der Waals surface area contributed by atoms with Gasteiger partial charge in [0.05, 0.1) is 6.61 Å². The average molecular weight is 337 g/mol. The van der Waals surface area contributed by atoms with Gasteiger partial charge in [-0.1, -0.05) is 69.8 Å². The van der Waals surface area contributed by atoms with Crippen LogP contribution in [0.1, 0.15) is 104 Å². The fraction of sp³-hybridized carbons (Fsp3) is 0.773. The summed E-state index contributed by atoms with van der Waals surface area (Å²) in [6.07, 6.45) is 26.1. The van der Waals surface area contributed by atoms with Crippen molar-refractivity contribution in [3.05, 3.63) is 24.3 Å². The molecule has 140 valence electrons. The van der Waals surface area contributed by atoms with Gasteiger partial charge < -0.3 is 4.74 Å². The van der Waals surface area contributed by atoms with Crippen LogP contribution in [0.15, 0.2) is 24.3 Å². The van der Waals surface area contributed by atoms with Crippen LogP contribution >= 0.6 is 0 Å². The molecule has 0 fully saturated rings. The highest BCUT2D eigenvalue weighted by atomic mass is 16.5. The maximum absolute atomic E-state index is 11.1. The number of carbonyl (C=O) groups excluding carboxylic acids is 1. The third-order valence-corrected chi connectivity index (χ3v) is 4.12. The Labute approximate surface area is 150 Å². The van der Waals surface area contributed by atoms with Gasteiger partial charge in [-0.15, -0.1) is 0 Å². The molecule has 0 N–H and O–H groups in total. The third kappa shape index (κ3) is 19.0. The molecule has 0 aliphatic carbocycles. The van der Waals surface area contributed by atoms with Crippen LogP contribution in [-0.2, 0) is 9.53 Å². The quantitative estimate of drug-likeness (QED) is 0.160. The van der Waals surface area contributed by atoms with Crippen LogP contribution in [0.2, 0.25) is 0 Å². The lowest BCUT2D eigenvalue weighted by Gasteiger charge is -1.99. The molecule has 0 amide bonds. The fourth-order valence-electron chi connectivity index (χ4n) is 2.65. The van der Waals surface area contributed by atoms with Crippen molar-refractivity contribution in [1.29, 1.82) is 0 Å². The molecule has 0 saturated carbocycles. The zero-order chi connectivity index (χ0) is 17.7. The smallest absolute Gasteiger partial charge is 0.306 e. The fourth-order valence-corrected chi connectivity index (χ4v) is 2.65. The van der Waals surface area contributed by atoms with E-state index >= 15 is 0 Å². The van der Waals surface area contributed by atoms with E-state index in [9.17, 15) is 4.79 Å². The van der Waals surface area contributed by atoms with Gasteiger partial charge in [-0.3, -0.25) is 4.79 Å². The van der Waals surface area contributed by atoms with E-state index < -0.39 is 0 Å². The summed E-state index contributed by atoms with van der Waals surface area (Å²) in [6.45, 7) is 4.60. The van der Waals surface area contributed by atoms with Gasteiger partial charge in [0.1, 0.15) is 0 Å². The molecular formula is C22H40O2. The molecule has 0 spiro atoms. The van der Waals surface area contributed by atoms with Gasteiger partial charge >= 0.3 is 5.97 Å². The van der Waals surface area contributed by atoms with Crippen molar-refractivity contribution < 1.29 is 9.53 Å². The zero-order valence-electron chi connectivity index (χ0n) is 16.2. The van der Waals surface area contributed by atoms with Gasteiger partial charge in [-0.05, 0) is 51.9 Å². The molecule has 2 nitrogen and oxygen atoms in total. The number of esters is 1. The lowest BCUT2D eigenvalue weighted by molar-refractivity contribution is -0.142. The number of carbonyl (C=O) groups is 1. The second-order valence-corrected chi connectivity index (χ2v) is 6.48. The lowest BCUT2D eigenvalue weighted by Crippen LogP contribution is -2.02. The van der Waals surface area contributed by atoms with Crippen LogP contribution in [0.4, 0.5) is 0 Å². The van der Waals surface area contributed by atoms with Crippen molar-refractivity contribution in [2.24, 2.45) is 0 Å². The predicted molar refractivity (Wildman–Crippen MR) is 105 cm³/mol. The van der Waals surface area contributed by atoms with Crippen molar-refractivity contribution >= 4 is 5.97 Å². The third-order valence-electron chi connectivity index (χ3n) is 4.12. The maximum Gasteiger partial charge on any atom is 0.306 e. The summed E-state index contributed by atoms with van der Waals surface area (Å²) in [5, 5.41) is 0. The topological polar surface area (TPSA) is 26.3 Å². The zero-order valence-corrected chi connectivity index (χ0v) is 16.2. The Bertz CT molecular complexity index is 318. The van der Waals surface area contributed by atoms with Crippen molar-refractivity contribution in [3.63, 3.8) is 0 Å². The van der Waals surface area contributed by atoms with Gasteiger partial charge in [0.15, 0.2) is 0 Å². The molecule has 0 saturated heterocycles. The Morgan fingerprint density at radius 1 is 0.667 bits per heavy atom. The molecule has 0 radical (unpaired) electrons. The van der Waals surface area contributed by atoms with Crippen molar-refractivity contribution in [2.45, 2.75) is 104 Å². The first-order valence-electron chi connectivity index (χ1n) is 10.3. The Morgan fingerprint density at radius 2 is 1.12 bits per heavy atom. The Kier molecular flexibility index (Phi) is 19.1. The van der Waals surface area contributed by atoms with Gasteiger partial charge in [0.2, 0.25) is 0 Å². The Morgan fingerprint density at radius 3 is 1.67 bits per heavy atom. The van der Waals surface area contributed by atoms with Crippen LogP contribution < -0.4 is 0 Å². The molecule has 0 aliphatic heterocycles. The first kappa shape index (κ1) is 22.9. The van der Waals surface area contributed by atoms with E-state index in [2.05, 4.69) is 31.2 Å². The summed E-state index contributed by atoms with van der Waals surface area (Å²) in [4.78, 5) is 11.1. The van der Waals surface area contributed by atoms with Crippen LogP contribution in [0, 0.1) is 0 Å². The number of hydrogen-bond acceptors (Lipinski definition) is 2. The van der Waals surface area contributed by atoms with E-state index in [0.717, 1.165) is 12.8 Å². The van der Waals surface area contributed by atoms with Crippen LogP contribution in [-0.4, -0.2) is 12.6 Å². The molecule has 0 rings (SSSR count). The van der Waals surface area contributed by atoms with E-state index in [4.69, 9.17) is 4.74 Å². The molecular weight excluding hydrogens is 296 g/mol. The molecule has 24 heavy (non-hydrogen) atoms. The van der Waals surface area contributed by atoms with Gasteiger partial charge in [-0.25, -0.2) is 0 Å². The summed E-state index contributed by atoms with van der Waals surface area (Å²) in [6, 6.07) is 0. The van der Waals surface area contributed by atoms with Crippen LogP contribution in [0.3, 0.4) is 0 Å². The number of rotatable bonds is 17. The molecule has 0 aromatic heterocycles. The molecule has 0 heterocycles. The van der Waals surface area contributed by atoms with Crippen LogP contribution in [0.25, 0.3) is 0 Å². The van der Waals surface area contributed by atoms with Crippen LogP contribution in [0.5, 0.6) is 0 Å². The second-order valence-electron chi connectivity index (χ2n) is 6.48. The minimum Gasteiger partial charge on any atom is -0.466 e. The predicted octanol–water partition coefficient (Wildman–Crippen LogP) is 7.14. The highest BCUT2D eigenvalue weighted by Gasteiger charge is 1.97. The number of hydrogen-bond donors (Lipinski definition) is 0. The molecule has 0 aromatic rings. The standard InChI is InChI=1S/C22H40O2/c1-3-5-6-7-8-9-10-11-12-13-14-15-16-17-18-19-20-21-22(23)24-4-2/h11-12,18-19H,3-10,13-17,20-21H2,1-2H3/b12-11+,19-18+. The second kappa shape index (κ2) is 20.0. The van der Waals surface area contributed by atoms with Gasteiger partial charge in [0, 0.05) is 6.42 Å². The average Bonchev–Trinajstić information content (AvgIpc) is 2.58. The molecule has 2 heteroatoms. The summed E-state index contributed by atoms with van der Waals surface area (Å²) in [5.41, 5.74) is 0. The molecule has 0 aliphatic rings. The van der Waals surface area contributed by atoms with E-state index in [0.29, 0.717) is 13.0 Å². The van der Waals surface area contributed by atoms with E-state index in [1.807, 2.05) is 6.92 Å². The minimum absolute atomic E-state index is 0.0881. The number of ether oxygens (including phenoxy) is 1. The summed E-state index contributed by atoms with van der Waals surface area (Å²) in [5.74, 6) is -0.0881. The summed E-state index contributed by atoms with van der Waals surface area (Å²) in [7, 11) is 0. The highest BCUT2D eigenvalue weighted by Crippen LogP contribution is 2.09. The first-order chi connectivity index (χ1) is 11.8. The van der Waals surface area contributed by atoms with Crippen molar-refractivity contribution in [2.75, 3.05) is 6.61 Å². The lowest BCUT2D eigenvalue weighted by atomic mass is 10.1. The first-order valence-corrected chi connectivity index (χ1v) is 10.3. The van der Waals surface area contributed by atoms with Gasteiger partial charge in [-0.2, -0.15) is 0 Å². The number of unbranched alkanes of at least 4 members (excludes halogenated alkanes) is 10. The van der Waals surface area contributed by atoms with E-state index in [1.54, 1.807) is 0 Å². The van der Waals surface area contributed by atoms with E-state index in [-0.39, 0.29) is 5.97 Å². The Balaban J connectivity index is 3.21. The monoisotopic (exact) mass is 336 g/mol. The van der Waals surface area contributed by atoms with E-state index in [1.165, 1.54) is 70.6 Å². The Hall–Kier alpha value is -1.05. The van der Waals surface area contributed by atoms with Crippen molar-refractivity contribution in [1.82, 2.24) is 0 Å². The van der Waals surface area contributed by atoms with Gasteiger partial charge in [0.25, 0.3) is 0 Å². The van der Waals surface area contributed by atoms with Crippen molar-refractivity contribution in [3.8, 4) is 0 Å². The highest BCUT2D eigenvalue weighted by molar-refractivity contribution is 5.69. The SMILES string of the molecule is CCCCCCCC/C=C/CCCCC/C=C/CCC(=O)OCC. The molecule has 0 bridgehead atoms. The summed E-state index contributed by atoms with van der Waals surface area (Å²) >= 11 is 0. The molecule has 0 unspecified atom stereocenters. The summed E-state index contributed by atoms with van der Waals surface area (Å²) < 4.78 is 4.89. The number of allylic oxidation sites excluding steroid dienone is 4.